The third kappa shape index (κ3) is 3.14. The van der Waals surface area contributed by atoms with E-state index in [0.29, 0.717) is 27.5 Å². The van der Waals surface area contributed by atoms with E-state index in [9.17, 15) is 9.59 Å². The van der Waals surface area contributed by atoms with Gasteiger partial charge < -0.3 is 4.90 Å². The zero-order valence-corrected chi connectivity index (χ0v) is 13.7. The summed E-state index contributed by atoms with van der Waals surface area (Å²) in [5.41, 5.74) is 2.34. The average Bonchev–Trinajstić information content (AvgIpc) is 2.74. The lowest BCUT2D eigenvalue weighted by molar-refractivity contribution is -0.123. The third-order valence-corrected chi connectivity index (χ3v) is 3.58. The smallest absolute Gasteiger partial charge is 0.279 e. The van der Waals surface area contributed by atoms with Gasteiger partial charge in [0.2, 0.25) is 5.91 Å². The van der Waals surface area contributed by atoms with E-state index in [1.807, 2.05) is 0 Å². The van der Waals surface area contributed by atoms with Crippen molar-refractivity contribution in [1.29, 1.82) is 0 Å². The molecule has 0 aliphatic heterocycles. The van der Waals surface area contributed by atoms with Crippen LogP contribution in [-0.2, 0) is 4.79 Å². The van der Waals surface area contributed by atoms with E-state index in [2.05, 4.69) is 5.10 Å². The number of aromatic amines is 1. The highest BCUT2D eigenvalue weighted by Crippen LogP contribution is 2.16. The number of carbonyl (C=O) groups excluding carboxylic acids is 1. The van der Waals surface area contributed by atoms with Gasteiger partial charge in [0, 0.05) is 30.9 Å². The maximum atomic E-state index is 12.6. The van der Waals surface area contributed by atoms with E-state index in [1.54, 1.807) is 52.2 Å². The van der Waals surface area contributed by atoms with Gasteiger partial charge >= 0.3 is 0 Å². The van der Waals surface area contributed by atoms with Crippen molar-refractivity contribution in [2.75, 3.05) is 14.1 Å². The Balaban J connectivity index is 2.50. The Morgan fingerprint density at radius 1 is 1.27 bits per heavy atom. The molecule has 0 saturated heterocycles. The number of H-pyrrole nitrogens is 1. The quantitative estimate of drug-likeness (QED) is 0.884. The second-order valence-corrected chi connectivity index (χ2v) is 5.73. The molecule has 5 nitrogen and oxygen atoms in total. The number of aryl methyl sites for hydroxylation is 1. The maximum absolute atomic E-state index is 12.6. The summed E-state index contributed by atoms with van der Waals surface area (Å²) < 4.78 is 1.44. The number of allylic oxidation sites excluding steroid dienone is 1. The molecule has 0 unspecified atom stereocenters. The van der Waals surface area contributed by atoms with Crippen molar-refractivity contribution in [1.82, 2.24) is 14.7 Å². The van der Waals surface area contributed by atoms with Crippen molar-refractivity contribution < 1.29 is 4.79 Å². The highest BCUT2D eigenvalue weighted by Gasteiger charge is 2.15. The summed E-state index contributed by atoms with van der Waals surface area (Å²) in [6.45, 7) is 3.56. The van der Waals surface area contributed by atoms with Gasteiger partial charge in [-0.1, -0.05) is 11.6 Å². The van der Waals surface area contributed by atoms with Crippen LogP contribution < -0.4 is 5.56 Å². The van der Waals surface area contributed by atoms with E-state index in [1.165, 1.54) is 15.7 Å². The lowest BCUT2D eigenvalue weighted by atomic mass is 10.1. The van der Waals surface area contributed by atoms with Crippen LogP contribution in [0.15, 0.2) is 35.1 Å². The summed E-state index contributed by atoms with van der Waals surface area (Å²) in [5.74, 6) is -0.157. The first-order valence-electron chi connectivity index (χ1n) is 6.78. The number of hydrogen-bond donors (Lipinski definition) is 1. The normalized spacial score (nSPS) is 11.6. The molecule has 0 bridgehead atoms. The molecule has 2 aromatic rings. The lowest BCUT2D eigenvalue weighted by Gasteiger charge is -2.07. The fourth-order valence-electron chi connectivity index (χ4n) is 2.17. The van der Waals surface area contributed by atoms with Crippen LogP contribution in [0.25, 0.3) is 11.3 Å². The minimum absolute atomic E-state index is 0.157. The van der Waals surface area contributed by atoms with Crippen molar-refractivity contribution in [2.24, 2.45) is 0 Å². The Hall–Kier alpha value is -2.27. The van der Waals surface area contributed by atoms with Crippen LogP contribution in [0.3, 0.4) is 0 Å². The van der Waals surface area contributed by atoms with Gasteiger partial charge in [0.05, 0.1) is 11.3 Å². The minimum atomic E-state index is -0.194. The molecule has 0 saturated carbocycles. The summed E-state index contributed by atoms with van der Waals surface area (Å²) >= 11 is 5.86. The Kier molecular flexibility index (Phi) is 4.56. The number of nitrogens with zero attached hydrogens (tertiary/aromatic N) is 2. The van der Waals surface area contributed by atoms with Gasteiger partial charge in [-0.15, -0.1) is 0 Å². The number of carbonyl (C=O) groups is 1. The lowest BCUT2D eigenvalue weighted by Crippen LogP contribution is -2.20. The van der Waals surface area contributed by atoms with Crippen molar-refractivity contribution in [3.8, 4) is 5.69 Å². The van der Waals surface area contributed by atoms with Gasteiger partial charge in [-0.05, 0) is 43.7 Å². The van der Waals surface area contributed by atoms with Gasteiger partial charge in [-0.3, -0.25) is 14.7 Å². The molecule has 116 valence electrons. The molecule has 0 atom stereocenters. The number of nitrogens with one attached hydrogen (secondary N) is 1. The van der Waals surface area contributed by atoms with Crippen molar-refractivity contribution in [3.63, 3.8) is 0 Å². The SMILES string of the molecule is C/C(=C\C(=O)N(C)C)c1c(C)[nH]n(-c2ccc(Cl)cc2)c1=O. The van der Waals surface area contributed by atoms with E-state index in [-0.39, 0.29) is 11.5 Å². The number of benzene rings is 1. The largest absolute Gasteiger partial charge is 0.345 e. The van der Waals surface area contributed by atoms with Crippen molar-refractivity contribution in [3.05, 3.63) is 57.0 Å². The molecule has 6 heteroatoms. The molecule has 0 aliphatic carbocycles. The predicted octanol–water partition coefficient (Wildman–Crippen LogP) is 2.62. The standard InChI is InChI=1S/C16H18ClN3O2/c1-10(9-14(21)19(3)4)15-11(2)18-20(16(15)22)13-7-5-12(17)6-8-13/h5-9,18H,1-4H3/b10-9+. The molecule has 0 aliphatic rings. The number of hydrogen-bond acceptors (Lipinski definition) is 2. The first kappa shape index (κ1) is 16.1. The zero-order valence-electron chi connectivity index (χ0n) is 13.0. The van der Waals surface area contributed by atoms with Gasteiger partial charge in [0.1, 0.15) is 0 Å². The summed E-state index contributed by atoms with van der Waals surface area (Å²) in [4.78, 5) is 25.8. The molecule has 0 radical (unpaired) electrons. The van der Waals surface area contributed by atoms with Crippen molar-refractivity contribution in [2.45, 2.75) is 13.8 Å². The van der Waals surface area contributed by atoms with Gasteiger partial charge in [0.25, 0.3) is 5.56 Å². The number of halogens is 1. The first-order chi connectivity index (χ1) is 10.3. The second kappa shape index (κ2) is 6.23. The second-order valence-electron chi connectivity index (χ2n) is 5.29. The summed E-state index contributed by atoms with van der Waals surface area (Å²) in [7, 11) is 3.34. The molecule has 1 amide bonds. The monoisotopic (exact) mass is 319 g/mol. The first-order valence-corrected chi connectivity index (χ1v) is 7.16. The molecule has 22 heavy (non-hydrogen) atoms. The third-order valence-electron chi connectivity index (χ3n) is 3.33. The number of rotatable bonds is 3. The Morgan fingerprint density at radius 2 is 1.86 bits per heavy atom. The molecule has 1 aromatic carbocycles. The summed E-state index contributed by atoms with van der Waals surface area (Å²) in [6.07, 6.45) is 1.46. The molecule has 0 spiro atoms. The average molecular weight is 320 g/mol. The molecule has 0 fully saturated rings. The fraction of sp³-hybridized carbons (Fsp3) is 0.250. The van der Waals surface area contributed by atoms with Crippen LogP contribution >= 0.6 is 11.6 Å². The van der Waals surface area contributed by atoms with Crippen LogP contribution in [0.4, 0.5) is 0 Å². The van der Waals surface area contributed by atoms with E-state index in [0.717, 1.165) is 0 Å². The maximum Gasteiger partial charge on any atom is 0.279 e. The Morgan fingerprint density at radius 3 is 2.41 bits per heavy atom. The topological polar surface area (TPSA) is 58.1 Å². The van der Waals surface area contributed by atoms with Gasteiger partial charge in [0.15, 0.2) is 0 Å². The molecule has 2 rings (SSSR count). The summed E-state index contributed by atoms with van der Waals surface area (Å²) in [5, 5.41) is 3.63. The molecular formula is C16H18ClN3O2. The Bertz CT molecular complexity index is 783. The number of aromatic nitrogens is 2. The van der Waals surface area contributed by atoms with E-state index < -0.39 is 0 Å². The summed E-state index contributed by atoms with van der Waals surface area (Å²) in [6, 6.07) is 6.95. The molecule has 1 heterocycles. The van der Waals surface area contributed by atoms with E-state index >= 15 is 0 Å². The number of amides is 1. The van der Waals surface area contributed by atoms with Crippen LogP contribution in [0.5, 0.6) is 0 Å². The Labute approximate surface area is 133 Å². The molecule has 1 N–H and O–H groups in total. The van der Waals surface area contributed by atoms with Gasteiger partial charge in [-0.25, -0.2) is 4.68 Å². The molecular weight excluding hydrogens is 302 g/mol. The number of likely N-dealkylation sites (N-methyl/N-ethyl adjacent to an activating group) is 1. The van der Waals surface area contributed by atoms with Crippen LogP contribution in [0, 0.1) is 6.92 Å². The minimum Gasteiger partial charge on any atom is -0.345 e. The van der Waals surface area contributed by atoms with Gasteiger partial charge in [-0.2, -0.15) is 0 Å². The van der Waals surface area contributed by atoms with E-state index in [4.69, 9.17) is 11.6 Å². The highest BCUT2D eigenvalue weighted by molar-refractivity contribution is 6.30. The fourth-order valence-corrected chi connectivity index (χ4v) is 2.30. The zero-order chi connectivity index (χ0) is 16.4. The predicted molar refractivity (Wildman–Crippen MR) is 88.5 cm³/mol. The van der Waals surface area contributed by atoms with Crippen LogP contribution in [0.1, 0.15) is 18.2 Å². The van der Waals surface area contributed by atoms with Crippen molar-refractivity contribution >= 4 is 23.1 Å². The molecule has 1 aromatic heterocycles. The van der Waals surface area contributed by atoms with Crippen LogP contribution in [-0.4, -0.2) is 34.7 Å². The highest BCUT2D eigenvalue weighted by atomic mass is 35.5. The van der Waals surface area contributed by atoms with Crippen LogP contribution in [0.2, 0.25) is 5.02 Å².